The van der Waals surface area contributed by atoms with Crippen LogP contribution < -0.4 is 5.43 Å². The molecule has 9 heteroatoms. The number of carbonyl (C=O) groups excluding carboxylic acids is 1. The van der Waals surface area contributed by atoms with Gasteiger partial charge in [-0.15, -0.1) is 0 Å². The fraction of sp³-hybridized carbons (Fsp3) is 0.273. The molecule has 0 radical (unpaired) electrons. The van der Waals surface area contributed by atoms with Crippen LogP contribution in [0.4, 0.5) is 19.1 Å². The Hall–Kier alpha value is -2.81. The minimum Gasteiger partial charge on any atom is -0.299 e. The van der Waals surface area contributed by atoms with E-state index in [1.807, 2.05) is 36.4 Å². The molecule has 0 unspecified atom stereocenters. The van der Waals surface area contributed by atoms with E-state index in [1.165, 1.54) is 0 Å². The summed E-state index contributed by atoms with van der Waals surface area (Å²) in [4.78, 5) is 20.8. The third-order valence-electron chi connectivity index (χ3n) is 4.49. The fourth-order valence-corrected chi connectivity index (χ4v) is 3.07. The number of nitrogens with zero attached hydrogens (tertiary/aromatic N) is 3. The van der Waals surface area contributed by atoms with Crippen molar-refractivity contribution in [1.29, 1.82) is 0 Å². The van der Waals surface area contributed by atoms with Crippen LogP contribution in [0.5, 0.6) is 0 Å². The number of aromatic nitrogens is 2. The predicted molar refractivity (Wildman–Crippen MR) is 119 cm³/mol. The van der Waals surface area contributed by atoms with Crippen molar-refractivity contribution in [1.82, 2.24) is 9.97 Å². The highest BCUT2D eigenvalue weighted by molar-refractivity contribution is 9.10. The summed E-state index contributed by atoms with van der Waals surface area (Å²) < 4.78 is 41.2. The molecule has 0 saturated carbocycles. The standard InChI is InChI=1S/C22H20BrF3N4O/c1-21(2,3)18(31)12-17(22(24,25)26)29-30-20-27-16-10-9-14(23)11-15(16)19(28-20)13-7-5-4-6-8-13/h4-11H,12H2,1-3H3,(H,27,28,30)/b29-17+. The number of ketones is 1. The number of alkyl halides is 3. The van der Waals surface area contributed by atoms with Gasteiger partial charge in [0, 0.05) is 20.8 Å². The van der Waals surface area contributed by atoms with Crippen molar-refractivity contribution < 1.29 is 18.0 Å². The van der Waals surface area contributed by atoms with Crippen molar-refractivity contribution in [2.24, 2.45) is 10.5 Å². The topological polar surface area (TPSA) is 67.2 Å². The second-order valence-corrected chi connectivity index (χ2v) is 8.86. The Morgan fingerprint density at radius 1 is 1.06 bits per heavy atom. The molecule has 0 aliphatic carbocycles. The summed E-state index contributed by atoms with van der Waals surface area (Å²) in [6, 6.07) is 14.6. The highest BCUT2D eigenvalue weighted by Gasteiger charge is 2.39. The van der Waals surface area contributed by atoms with Gasteiger partial charge in [0.05, 0.1) is 17.6 Å². The van der Waals surface area contributed by atoms with Crippen LogP contribution in [0.25, 0.3) is 22.2 Å². The number of benzene rings is 2. The molecule has 5 nitrogen and oxygen atoms in total. The number of halogens is 4. The van der Waals surface area contributed by atoms with E-state index in [0.29, 0.717) is 11.2 Å². The Bertz CT molecular complexity index is 1140. The fourth-order valence-electron chi connectivity index (χ4n) is 2.70. The quantitative estimate of drug-likeness (QED) is 0.330. The summed E-state index contributed by atoms with van der Waals surface area (Å²) in [5.41, 5.74) is 2.02. The molecule has 3 aromatic rings. The van der Waals surface area contributed by atoms with Crippen LogP contribution in [-0.2, 0) is 4.79 Å². The number of hydrogen-bond acceptors (Lipinski definition) is 5. The average molecular weight is 493 g/mol. The molecule has 31 heavy (non-hydrogen) atoms. The highest BCUT2D eigenvalue weighted by Crippen LogP contribution is 2.30. The zero-order valence-corrected chi connectivity index (χ0v) is 18.7. The van der Waals surface area contributed by atoms with Crippen LogP contribution in [0.1, 0.15) is 27.2 Å². The largest absolute Gasteiger partial charge is 0.431 e. The maximum atomic E-state index is 13.4. The van der Waals surface area contributed by atoms with E-state index in [0.717, 1.165) is 15.4 Å². The Morgan fingerprint density at radius 3 is 2.35 bits per heavy atom. The van der Waals surface area contributed by atoms with Crippen LogP contribution >= 0.6 is 15.9 Å². The van der Waals surface area contributed by atoms with Gasteiger partial charge < -0.3 is 0 Å². The van der Waals surface area contributed by atoms with Gasteiger partial charge in [-0.1, -0.05) is 67.0 Å². The zero-order valence-electron chi connectivity index (χ0n) is 17.1. The van der Waals surface area contributed by atoms with Crippen LogP contribution in [0.3, 0.4) is 0 Å². The number of Topliss-reactive ketones (excluding diaryl/α,β-unsaturated/α-hetero) is 1. The van der Waals surface area contributed by atoms with Crippen LogP contribution in [-0.4, -0.2) is 27.6 Å². The van der Waals surface area contributed by atoms with Crippen molar-refractivity contribution in [2.75, 3.05) is 5.43 Å². The van der Waals surface area contributed by atoms with E-state index < -0.39 is 29.5 Å². The number of fused-ring (bicyclic) bond motifs is 1. The lowest BCUT2D eigenvalue weighted by atomic mass is 9.88. The molecule has 0 atom stereocenters. The lowest BCUT2D eigenvalue weighted by molar-refractivity contribution is -0.126. The second-order valence-electron chi connectivity index (χ2n) is 7.94. The van der Waals surface area contributed by atoms with Gasteiger partial charge in [0.1, 0.15) is 11.5 Å². The SMILES string of the molecule is CC(C)(C)C(=O)C/C(=N\Nc1nc(-c2ccccc2)c2cc(Br)ccc2n1)C(F)(F)F. The first-order chi connectivity index (χ1) is 14.4. The minimum atomic E-state index is -4.77. The lowest BCUT2D eigenvalue weighted by Gasteiger charge is -2.18. The molecule has 1 heterocycles. The number of hydrazone groups is 1. The number of carbonyl (C=O) groups is 1. The van der Waals surface area contributed by atoms with Gasteiger partial charge in [-0.3, -0.25) is 4.79 Å². The van der Waals surface area contributed by atoms with Gasteiger partial charge in [-0.05, 0) is 18.2 Å². The number of anilines is 1. The van der Waals surface area contributed by atoms with Crippen molar-refractivity contribution in [3.63, 3.8) is 0 Å². The van der Waals surface area contributed by atoms with Crippen LogP contribution in [0, 0.1) is 5.41 Å². The van der Waals surface area contributed by atoms with Crippen molar-refractivity contribution >= 4 is 44.3 Å². The van der Waals surface area contributed by atoms with Gasteiger partial charge in [0.2, 0.25) is 5.95 Å². The molecular weight excluding hydrogens is 473 g/mol. The summed E-state index contributed by atoms with van der Waals surface area (Å²) >= 11 is 3.42. The summed E-state index contributed by atoms with van der Waals surface area (Å²) in [6.45, 7) is 4.69. The molecule has 0 aliphatic rings. The lowest BCUT2D eigenvalue weighted by Crippen LogP contribution is -2.31. The maximum absolute atomic E-state index is 13.4. The van der Waals surface area contributed by atoms with Gasteiger partial charge in [-0.2, -0.15) is 18.3 Å². The highest BCUT2D eigenvalue weighted by atomic mass is 79.9. The third-order valence-corrected chi connectivity index (χ3v) is 4.98. The smallest absolute Gasteiger partial charge is 0.299 e. The molecular formula is C22H20BrF3N4O. The molecule has 0 amide bonds. The van der Waals surface area contributed by atoms with Gasteiger partial charge >= 0.3 is 6.18 Å². The first kappa shape index (κ1) is 22.9. The zero-order chi connectivity index (χ0) is 22.8. The van der Waals surface area contributed by atoms with E-state index in [4.69, 9.17) is 0 Å². The molecule has 0 aliphatic heterocycles. The molecule has 1 N–H and O–H groups in total. The summed E-state index contributed by atoms with van der Waals surface area (Å²) in [5.74, 6) is -0.668. The third kappa shape index (κ3) is 5.66. The average Bonchev–Trinajstić information content (AvgIpc) is 2.69. The first-order valence-electron chi connectivity index (χ1n) is 9.41. The van der Waals surface area contributed by atoms with Gasteiger partial charge in [-0.25, -0.2) is 15.4 Å². The molecule has 3 rings (SSSR count). The number of nitrogens with one attached hydrogen (secondary N) is 1. The number of hydrogen-bond donors (Lipinski definition) is 1. The van der Waals surface area contributed by atoms with Crippen molar-refractivity contribution in [3.8, 4) is 11.3 Å². The molecule has 0 bridgehead atoms. The Kier molecular flexibility index (Phi) is 6.45. The normalized spacial score (nSPS) is 12.8. The van der Waals surface area contributed by atoms with Crippen molar-refractivity contribution in [2.45, 2.75) is 33.4 Å². The molecule has 162 valence electrons. The van der Waals surface area contributed by atoms with E-state index in [9.17, 15) is 18.0 Å². The van der Waals surface area contributed by atoms with E-state index >= 15 is 0 Å². The van der Waals surface area contributed by atoms with Crippen molar-refractivity contribution in [3.05, 3.63) is 53.0 Å². The Balaban J connectivity index is 2.04. The van der Waals surface area contributed by atoms with Gasteiger partial charge in [0.25, 0.3) is 0 Å². The summed E-state index contributed by atoms with van der Waals surface area (Å²) in [5, 5.41) is 4.20. The minimum absolute atomic E-state index is 0.0985. The first-order valence-corrected chi connectivity index (χ1v) is 10.2. The van der Waals surface area contributed by atoms with E-state index in [-0.39, 0.29) is 5.95 Å². The second kappa shape index (κ2) is 8.74. The maximum Gasteiger partial charge on any atom is 0.431 e. The van der Waals surface area contributed by atoms with E-state index in [1.54, 1.807) is 32.9 Å². The Morgan fingerprint density at radius 2 is 1.74 bits per heavy atom. The molecule has 0 spiro atoms. The summed E-state index contributed by atoms with van der Waals surface area (Å²) in [6.07, 6.45) is -5.61. The molecule has 2 aromatic carbocycles. The number of rotatable bonds is 5. The van der Waals surface area contributed by atoms with Crippen LogP contribution in [0.15, 0.2) is 58.1 Å². The van der Waals surface area contributed by atoms with Crippen LogP contribution in [0.2, 0.25) is 0 Å². The monoisotopic (exact) mass is 492 g/mol. The molecule has 0 fully saturated rings. The molecule has 0 saturated heterocycles. The van der Waals surface area contributed by atoms with E-state index in [2.05, 4.69) is 36.4 Å². The molecule has 1 aromatic heterocycles. The van der Waals surface area contributed by atoms with Gasteiger partial charge in [0.15, 0.2) is 0 Å². The summed E-state index contributed by atoms with van der Waals surface area (Å²) in [7, 11) is 0. The Labute approximate surface area is 185 Å². The predicted octanol–water partition coefficient (Wildman–Crippen LogP) is 6.39.